The van der Waals surface area contributed by atoms with Crippen LogP contribution in [-0.2, 0) is 4.79 Å². The van der Waals surface area contributed by atoms with Crippen LogP contribution in [0, 0.1) is 15.5 Å². The van der Waals surface area contributed by atoms with Crippen molar-refractivity contribution in [2.24, 2.45) is 11.1 Å². The first-order valence-electron chi connectivity index (χ1n) is 8.16. The minimum absolute atomic E-state index is 0. The Kier molecular flexibility index (Phi) is 7.55. The van der Waals surface area contributed by atoms with Crippen molar-refractivity contribution in [1.29, 1.82) is 0 Å². The second kappa shape index (κ2) is 8.79. The first-order valence-corrected chi connectivity index (χ1v) is 8.98. The number of nitro groups is 1. The van der Waals surface area contributed by atoms with E-state index in [1.165, 1.54) is 17.0 Å². The highest BCUT2D eigenvalue weighted by molar-refractivity contribution is 7.17. The highest BCUT2D eigenvalue weighted by atomic mass is 35.5. The van der Waals surface area contributed by atoms with Crippen molar-refractivity contribution in [1.82, 2.24) is 9.80 Å². The predicted molar refractivity (Wildman–Crippen MR) is 103 cm³/mol. The molecular formula is C16H25ClN4O4S. The lowest BCUT2D eigenvalue weighted by Crippen LogP contribution is -2.49. The van der Waals surface area contributed by atoms with Gasteiger partial charge in [-0.2, -0.15) is 0 Å². The Labute approximate surface area is 162 Å². The summed E-state index contributed by atoms with van der Waals surface area (Å²) in [5.41, 5.74) is 5.53. The van der Waals surface area contributed by atoms with Crippen LogP contribution in [0.1, 0.15) is 36.4 Å². The number of hydrogen-bond acceptors (Lipinski definition) is 6. The summed E-state index contributed by atoms with van der Waals surface area (Å²) in [7, 11) is 1.72. The predicted octanol–water partition coefficient (Wildman–Crippen LogP) is 2.13. The molecular weight excluding hydrogens is 380 g/mol. The van der Waals surface area contributed by atoms with Gasteiger partial charge < -0.3 is 15.5 Å². The molecule has 1 fully saturated rings. The van der Waals surface area contributed by atoms with Crippen molar-refractivity contribution in [2.75, 3.05) is 26.7 Å². The molecule has 1 aromatic rings. The number of hydrogen-bond donors (Lipinski definition) is 1. The lowest BCUT2D eigenvalue weighted by Gasteiger charge is -2.33. The maximum atomic E-state index is 12.8. The molecule has 1 unspecified atom stereocenters. The van der Waals surface area contributed by atoms with Crippen LogP contribution in [0.3, 0.4) is 0 Å². The van der Waals surface area contributed by atoms with Crippen LogP contribution in [0.25, 0.3) is 0 Å². The van der Waals surface area contributed by atoms with E-state index in [9.17, 15) is 19.7 Å². The molecule has 1 aromatic heterocycles. The zero-order valence-electron chi connectivity index (χ0n) is 15.1. The molecule has 1 atom stereocenters. The molecule has 146 valence electrons. The monoisotopic (exact) mass is 404 g/mol. The second-order valence-corrected chi connectivity index (χ2v) is 8.18. The molecule has 8 nitrogen and oxygen atoms in total. The zero-order chi connectivity index (χ0) is 18.8. The lowest BCUT2D eigenvalue weighted by atomic mass is 9.93. The molecule has 10 heteroatoms. The number of rotatable bonds is 6. The largest absolute Gasteiger partial charge is 0.343 e. The minimum Gasteiger partial charge on any atom is -0.343 e. The number of thiophene rings is 1. The maximum absolute atomic E-state index is 12.8. The van der Waals surface area contributed by atoms with Gasteiger partial charge in [-0.05, 0) is 30.9 Å². The van der Waals surface area contributed by atoms with Gasteiger partial charge in [-0.25, -0.2) is 0 Å². The first-order chi connectivity index (χ1) is 11.7. The minimum atomic E-state index is -0.521. The fraction of sp³-hybridized carbons (Fsp3) is 0.625. The number of nitrogens with two attached hydrogens (primary N) is 1. The van der Waals surface area contributed by atoms with Gasteiger partial charge in [-0.1, -0.05) is 25.2 Å². The molecule has 1 aliphatic rings. The Hall–Kier alpha value is -1.71. The molecule has 0 spiro atoms. The van der Waals surface area contributed by atoms with E-state index in [0.717, 1.165) is 17.8 Å². The molecule has 0 aromatic carbocycles. The number of likely N-dealkylation sites (tertiary alicyclic amines) is 1. The zero-order valence-corrected chi connectivity index (χ0v) is 16.8. The van der Waals surface area contributed by atoms with Gasteiger partial charge in [-0.3, -0.25) is 19.7 Å². The van der Waals surface area contributed by atoms with Gasteiger partial charge in [0.25, 0.3) is 5.91 Å². The molecule has 0 saturated carbocycles. The molecule has 2 rings (SSSR count). The van der Waals surface area contributed by atoms with E-state index in [-0.39, 0.29) is 39.5 Å². The summed E-state index contributed by atoms with van der Waals surface area (Å²) in [5, 5.41) is 10.7. The third kappa shape index (κ3) is 4.93. The number of likely N-dealkylation sites (N-methyl/N-ethyl adjacent to an activating group) is 1. The first kappa shape index (κ1) is 22.3. The average molecular weight is 405 g/mol. The van der Waals surface area contributed by atoms with Gasteiger partial charge in [0.2, 0.25) is 5.91 Å². The van der Waals surface area contributed by atoms with Crippen molar-refractivity contribution < 1.29 is 14.5 Å². The Morgan fingerprint density at radius 1 is 1.46 bits per heavy atom. The fourth-order valence-electron chi connectivity index (χ4n) is 2.99. The van der Waals surface area contributed by atoms with Crippen molar-refractivity contribution in [3.05, 3.63) is 27.1 Å². The third-order valence-electron chi connectivity index (χ3n) is 4.38. The summed E-state index contributed by atoms with van der Waals surface area (Å²) in [6, 6.07) is 2.25. The van der Waals surface area contributed by atoms with Crippen LogP contribution in [0.4, 0.5) is 5.00 Å². The standard InChI is InChI=1S/C16H24N4O4S.ClH/c1-16(2,9-17)10-18(3)14(21)11-5-4-8-19(11)15(22)12-6-7-13(25-12)20(23)24;/h6-7,11H,4-5,8-10,17H2,1-3H3;1H. The second-order valence-electron chi connectivity index (χ2n) is 7.11. The lowest BCUT2D eigenvalue weighted by molar-refractivity contribution is -0.380. The topological polar surface area (TPSA) is 110 Å². The summed E-state index contributed by atoms with van der Waals surface area (Å²) in [5.74, 6) is -0.432. The Bertz CT molecular complexity index is 679. The summed E-state index contributed by atoms with van der Waals surface area (Å²) in [6.07, 6.45) is 1.34. The van der Waals surface area contributed by atoms with Crippen molar-refractivity contribution in [3.63, 3.8) is 0 Å². The van der Waals surface area contributed by atoms with Gasteiger partial charge in [0.05, 0.1) is 9.80 Å². The highest BCUT2D eigenvalue weighted by Crippen LogP contribution is 2.29. The molecule has 2 N–H and O–H groups in total. The summed E-state index contributed by atoms with van der Waals surface area (Å²) in [4.78, 5) is 39.2. The normalized spacial score (nSPS) is 16.9. The van der Waals surface area contributed by atoms with Crippen LogP contribution in [0.5, 0.6) is 0 Å². The molecule has 26 heavy (non-hydrogen) atoms. The van der Waals surface area contributed by atoms with E-state index in [0.29, 0.717) is 26.1 Å². The van der Waals surface area contributed by atoms with E-state index in [2.05, 4.69) is 0 Å². The van der Waals surface area contributed by atoms with E-state index >= 15 is 0 Å². The van der Waals surface area contributed by atoms with Gasteiger partial charge in [0.1, 0.15) is 6.04 Å². The quantitative estimate of drug-likeness (QED) is 0.576. The van der Waals surface area contributed by atoms with E-state index in [1.54, 1.807) is 11.9 Å². The SMILES string of the molecule is CN(CC(C)(C)CN)C(=O)C1CCCN1C(=O)c1ccc([N+](=O)[O-])s1.Cl. The van der Waals surface area contributed by atoms with Crippen LogP contribution < -0.4 is 5.73 Å². The highest BCUT2D eigenvalue weighted by Gasteiger charge is 2.37. The summed E-state index contributed by atoms with van der Waals surface area (Å²) >= 11 is 0.840. The van der Waals surface area contributed by atoms with Crippen LogP contribution >= 0.6 is 23.7 Å². The molecule has 0 aliphatic carbocycles. The van der Waals surface area contributed by atoms with Crippen LogP contribution in [0.15, 0.2) is 12.1 Å². The molecule has 2 heterocycles. The molecule has 0 radical (unpaired) electrons. The Morgan fingerprint density at radius 2 is 2.12 bits per heavy atom. The smallest absolute Gasteiger partial charge is 0.324 e. The fourth-order valence-corrected chi connectivity index (χ4v) is 3.76. The summed E-state index contributed by atoms with van der Waals surface area (Å²) < 4.78 is 0. The van der Waals surface area contributed by atoms with Gasteiger partial charge in [0, 0.05) is 26.2 Å². The number of carbonyl (C=O) groups excluding carboxylic acids is 2. The molecule has 1 aliphatic heterocycles. The van der Waals surface area contributed by atoms with E-state index in [4.69, 9.17) is 5.73 Å². The number of amides is 2. The van der Waals surface area contributed by atoms with E-state index in [1.807, 2.05) is 13.8 Å². The van der Waals surface area contributed by atoms with Gasteiger partial charge in [-0.15, -0.1) is 12.4 Å². The van der Waals surface area contributed by atoms with Crippen LogP contribution in [0.2, 0.25) is 0 Å². The van der Waals surface area contributed by atoms with Crippen molar-refractivity contribution >= 4 is 40.6 Å². The Morgan fingerprint density at radius 3 is 2.65 bits per heavy atom. The van der Waals surface area contributed by atoms with Crippen molar-refractivity contribution in [2.45, 2.75) is 32.7 Å². The van der Waals surface area contributed by atoms with Gasteiger partial charge >= 0.3 is 5.00 Å². The third-order valence-corrected chi connectivity index (χ3v) is 5.40. The molecule has 2 amide bonds. The number of nitrogens with zero attached hydrogens (tertiary/aromatic N) is 3. The number of halogens is 1. The molecule has 1 saturated heterocycles. The average Bonchev–Trinajstić information content (AvgIpc) is 3.22. The number of carbonyl (C=O) groups is 2. The van der Waals surface area contributed by atoms with Crippen LogP contribution in [-0.4, -0.2) is 59.3 Å². The van der Waals surface area contributed by atoms with E-state index < -0.39 is 11.0 Å². The Balaban J connectivity index is 0.00000338. The summed E-state index contributed by atoms with van der Waals surface area (Å²) in [6.45, 7) is 5.41. The molecule has 0 bridgehead atoms. The van der Waals surface area contributed by atoms with Gasteiger partial charge in [0.15, 0.2) is 0 Å². The maximum Gasteiger partial charge on any atom is 0.324 e. The van der Waals surface area contributed by atoms with Crippen molar-refractivity contribution in [3.8, 4) is 0 Å².